The van der Waals surface area contributed by atoms with Crippen molar-refractivity contribution >= 4 is 16.8 Å². The van der Waals surface area contributed by atoms with E-state index in [1.165, 1.54) is 16.3 Å². The van der Waals surface area contributed by atoms with Gasteiger partial charge in [-0.25, -0.2) is 0 Å². The van der Waals surface area contributed by atoms with Crippen LogP contribution < -0.4 is 0 Å². The topological polar surface area (TPSA) is 20.2 Å². The number of hydrogen-bond donors (Lipinski definition) is 1. The largest absolute Gasteiger partial charge is 0.512 e. The van der Waals surface area contributed by atoms with Crippen LogP contribution in [-0.2, 0) is 0 Å². The standard InChI is InChI=1S/C15H12O/c1-10(16)13-9-8-12-5-2-4-11-6-3-7-14(13)15(11)12/h2-9,13,16H,1H2. The van der Waals surface area contributed by atoms with E-state index in [9.17, 15) is 5.11 Å². The smallest absolute Gasteiger partial charge is 0.0964 e. The van der Waals surface area contributed by atoms with Crippen molar-refractivity contribution in [2.45, 2.75) is 5.92 Å². The van der Waals surface area contributed by atoms with Gasteiger partial charge in [0.2, 0.25) is 0 Å². The van der Waals surface area contributed by atoms with Gasteiger partial charge in [-0.3, -0.25) is 0 Å². The van der Waals surface area contributed by atoms with Crippen LogP contribution in [0.1, 0.15) is 17.0 Å². The average Bonchev–Trinajstić information content (AvgIpc) is 2.30. The average molecular weight is 208 g/mol. The minimum Gasteiger partial charge on any atom is -0.512 e. The number of aliphatic hydroxyl groups is 1. The third kappa shape index (κ3) is 1.18. The molecule has 1 unspecified atom stereocenters. The fraction of sp³-hybridized carbons (Fsp3) is 0.0667. The van der Waals surface area contributed by atoms with E-state index >= 15 is 0 Å². The first-order valence-electron chi connectivity index (χ1n) is 5.35. The molecule has 0 aromatic heterocycles. The zero-order valence-electron chi connectivity index (χ0n) is 8.85. The van der Waals surface area contributed by atoms with Gasteiger partial charge in [-0.05, 0) is 21.9 Å². The van der Waals surface area contributed by atoms with E-state index in [2.05, 4.69) is 43.0 Å². The van der Waals surface area contributed by atoms with Crippen LogP contribution in [0.3, 0.4) is 0 Å². The van der Waals surface area contributed by atoms with Crippen LogP contribution in [0.25, 0.3) is 16.8 Å². The molecule has 1 nitrogen and oxygen atoms in total. The predicted molar refractivity (Wildman–Crippen MR) is 67.5 cm³/mol. The highest BCUT2D eigenvalue weighted by molar-refractivity contribution is 5.95. The fourth-order valence-corrected chi connectivity index (χ4v) is 2.39. The van der Waals surface area contributed by atoms with Gasteiger partial charge in [0.1, 0.15) is 0 Å². The van der Waals surface area contributed by atoms with Gasteiger partial charge in [-0.1, -0.05) is 55.1 Å². The second-order valence-corrected chi connectivity index (χ2v) is 4.12. The summed E-state index contributed by atoms with van der Waals surface area (Å²) in [6.07, 6.45) is 4.06. The molecule has 0 saturated carbocycles. The van der Waals surface area contributed by atoms with Crippen LogP contribution in [0.5, 0.6) is 0 Å². The first kappa shape index (κ1) is 9.22. The normalized spacial score (nSPS) is 17.6. The third-order valence-corrected chi connectivity index (χ3v) is 3.13. The maximum Gasteiger partial charge on any atom is 0.0964 e. The molecule has 0 bridgehead atoms. The molecule has 3 rings (SSSR count). The lowest BCUT2D eigenvalue weighted by Gasteiger charge is -2.20. The molecule has 1 atom stereocenters. The molecule has 1 N–H and O–H groups in total. The maximum atomic E-state index is 9.61. The number of rotatable bonds is 1. The Morgan fingerprint density at radius 2 is 1.88 bits per heavy atom. The van der Waals surface area contributed by atoms with E-state index in [-0.39, 0.29) is 11.7 Å². The summed E-state index contributed by atoms with van der Waals surface area (Å²) in [5.41, 5.74) is 2.36. The quantitative estimate of drug-likeness (QED) is 0.702. The summed E-state index contributed by atoms with van der Waals surface area (Å²) in [5.74, 6) is 0.136. The molecule has 0 heterocycles. The number of aliphatic hydroxyl groups excluding tert-OH is 1. The lowest BCUT2D eigenvalue weighted by atomic mass is 9.85. The van der Waals surface area contributed by atoms with Gasteiger partial charge in [0.25, 0.3) is 0 Å². The number of allylic oxidation sites excluding steroid dienone is 1. The Labute approximate surface area is 94.3 Å². The lowest BCUT2D eigenvalue weighted by Crippen LogP contribution is -2.03. The summed E-state index contributed by atoms with van der Waals surface area (Å²) in [5, 5.41) is 12.1. The molecule has 0 amide bonds. The van der Waals surface area contributed by atoms with Gasteiger partial charge in [-0.2, -0.15) is 0 Å². The van der Waals surface area contributed by atoms with Gasteiger partial charge in [0, 0.05) is 0 Å². The second kappa shape index (κ2) is 3.24. The maximum absolute atomic E-state index is 9.61. The van der Waals surface area contributed by atoms with Crippen molar-refractivity contribution in [1.29, 1.82) is 0 Å². The Morgan fingerprint density at radius 3 is 2.62 bits per heavy atom. The molecule has 2 aromatic carbocycles. The summed E-state index contributed by atoms with van der Waals surface area (Å²) in [6.45, 7) is 3.64. The summed E-state index contributed by atoms with van der Waals surface area (Å²) >= 11 is 0. The van der Waals surface area contributed by atoms with E-state index in [4.69, 9.17) is 0 Å². The van der Waals surface area contributed by atoms with E-state index in [1.807, 2.05) is 12.1 Å². The first-order chi connectivity index (χ1) is 7.77. The molecule has 1 aliphatic carbocycles. The molecule has 16 heavy (non-hydrogen) atoms. The zero-order valence-corrected chi connectivity index (χ0v) is 8.85. The third-order valence-electron chi connectivity index (χ3n) is 3.13. The van der Waals surface area contributed by atoms with E-state index < -0.39 is 0 Å². The molecule has 0 radical (unpaired) electrons. The Morgan fingerprint density at radius 1 is 1.12 bits per heavy atom. The van der Waals surface area contributed by atoms with Crippen molar-refractivity contribution in [2.75, 3.05) is 0 Å². The molecule has 2 aromatic rings. The molecule has 0 fully saturated rings. The second-order valence-electron chi connectivity index (χ2n) is 4.12. The van der Waals surface area contributed by atoms with Gasteiger partial charge >= 0.3 is 0 Å². The van der Waals surface area contributed by atoms with E-state index in [0.29, 0.717) is 0 Å². The molecule has 0 saturated heterocycles. The van der Waals surface area contributed by atoms with Crippen molar-refractivity contribution in [3.8, 4) is 0 Å². The molecular formula is C15H12O. The zero-order chi connectivity index (χ0) is 11.1. The SMILES string of the molecule is C=C(O)C1C=Cc2cccc3cccc1c23. The minimum absolute atomic E-state index is 0.0707. The van der Waals surface area contributed by atoms with Crippen LogP contribution in [0.15, 0.2) is 54.8 Å². The molecular weight excluding hydrogens is 196 g/mol. The Kier molecular flexibility index (Phi) is 1.87. The summed E-state index contributed by atoms with van der Waals surface area (Å²) < 4.78 is 0. The van der Waals surface area contributed by atoms with Gasteiger partial charge in [-0.15, -0.1) is 0 Å². The fourth-order valence-electron chi connectivity index (χ4n) is 2.39. The van der Waals surface area contributed by atoms with Crippen LogP contribution in [-0.4, -0.2) is 5.11 Å². The van der Waals surface area contributed by atoms with E-state index in [1.54, 1.807) is 0 Å². The van der Waals surface area contributed by atoms with Gasteiger partial charge < -0.3 is 5.11 Å². The van der Waals surface area contributed by atoms with Crippen LogP contribution >= 0.6 is 0 Å². The van der Waals surface area contributed by atoms with Crippen LogP contribution in [0.2, 0.25) is 0 Å². The lowest BCUT2D eigenvalue weighted by molar-refractivity contribution is 0.388. The minimum atomic E-state index is -0.0707. The van der Waals surface area contributed by atoms with Gasteiger partial charge in [0.15, 0.2) is 0 Å². The van der Waals surface area contributed by atoms with Crippen molar-refractivity contribution < 1.29 is 5.11 Å². The highest BCUT2D eigenvalue weighted by atomic mass is 16.3. The molecule has 1 heteroatoms. The first-order valence-corrected chi connectivity index (χ1v) is 5.35. The molecule has 0 aliphatic heterocycles. The molecule has 78 valence electrons. The van der Waals surface area contributed by atoms with Crippen LogP contribution in [0, 0.1) is 0 Å². The highest BCUT2D eigenvalue weighted by Crippen LogP contribution is 2.36. The van der Waals surface area contributed by atoms with Crippen molar-refractivity contribution in [3.05, 3.63) is 65.9 Å². The Hall–Kier alpha value is -2.02. The summed E-state index contributed by atoms with van der Waals surface area (Å²) in [4.78, 5) is 0. The summed E-state index contributed by atoms with van der Waals surface area (Å²) in [7, 11) is 0. The summed E-state index contributed by atoms with van der Waals surface area (Å²) in [6, 6.07) is 12.4. The molecule has 1 aliphatic rings. The van der Waals surface area contributed by atoms with E-state index in [0.717, 1.165) is 5.56 Å². The highest BCUT2D eigenvalue weighted by Gasteiger charge is 2.18. The Balaban J connectivity index is 2.40. The number of hydrogen-bond acceptors (Lipinski definition) is 1. The number of benzene rings is 2. The van der Waals surface area contributed by atoms with Crippen molar-refractivity contribution in [1.82, 2.24) is 0 Å². The van der Waals surface area contributed by atoms with Crippen molar-refractivity contribution in [3.63, 3.8) is 0 Å². The monoisotopic (exact) mass is 208 g/mol. The van der Waals surface area contributed by atoms with Gasteiger partial charge in [0.05, 0.1) is 11.7 Å². The molecule has 0 spiro atoms. The van der Waals surface area contributed by atoms with Crippen molar-refractivity contribution in [2.24, 2.45) is 0 Å². The Bertz CT molecular complexity index is 603. The predicted octanol–water partition coefficient (Wildman–Crippen LogP) is 4.02. The van der Waals surface area contributed by atoms with Crippen LogP contribution in [0.4, 0.5) is 0 Å².